The van der Waals surface area contributed by atoms with Crippen molar-refractivity contribution >= 4 is 17.3 Å². The highest BCUT2D eigenvalue weighted by atomic mass is 15.4. The molecule has 0 spiro atoms. The molecule has 21 heavy (non-hydrogen) atoms. The maximum absolute atomic E-state index is 6.05. The zero-order valence-electron chi connectivity index (χ0n) is 12.0. The number of nitrogens with two attached hydrogens (primary N) is 1. The highest BCUT2D eigenvalue weighted by Gasteiger charge is 2.21. The molecule has 0 unspecified atom stereocenters. The van der Waals surface area contributed by atoms with Crippen molar-refractivity contribution in [3.05, 3.63) is 53.2 Å². The summed E-state index contributed by atoms with van der Waals surface area (Å²) in [6.07, 6.45) is 2.90. The number of nitrogen functional groups attached to an aromatic ring is 1. The third-order valence-corrected chi connectivity index (χ3v) is 4.07. The lowest BCUT2D eigenvalue weighted by molar-refractivity contribution is 0.707. The van der Waals surface area contributed by atoms with Gasteiger partial charge in [0.15, 0.2) is 5.65 Å². The maximum Gasteiger partial charge on any atom is 0.245 e. The number of pyridine rings is 1. The summed E-state index contributed by atoms with van der Waals surface area (Å²) < 4.78 is 1.83. The van der Waals surface area contributed by atoms with Crippen LogP contribution in [0, 0.1) is 6.92 Å². The topological polar surface area (TPSA) is 59.5 Å². The number of benzene rings is 1. The fourth-order valence-electron chi connectivity index (χ4n) is 2.92. The summed E-state index contributed by atoms with van der Waals surface area (Å²) >= 11 is 0. The van der Waals surface area contributed by atoms with Crippen molar-refractivity contribution in [2.45, 2.75) is 19.9 Å². The second-order valence-corrected chi connectivity index (χ2v) is 5.58. The van der Waals surface area contributed by atoms with Crippen LogP contribution in [0.4, 0.5) is 11.6 Å². The van der Waals surface area contributed by atoms with Gasteiger partial charge in [-0.05, 0) is 48.2 Å². The van der Waals surface area contributed by atoms with E-state index in [0.29, 0.717) is 0 Å². The summed E-state index contributed by atoms with van der Waals surface area (Å²) in [5.41, 5.74) is 11.6. The summed E-state index contributed by atoms with van der Waals surface area (Å²) in [6, 6.07) is 10.2. The molecule has 106 valence electrons. The van der Waals surface area contributed by atoms with Gasteiger partial charge in [-0.25, -0.2) is 4.52 Å². The van der Waals surface area contributed by atoms with Crippen LogP contribution >= 0.6 is 0 Å². The minimum absolute atomic E-state index is 0.786. The monoisotopic (exact) mass is 279 g/mol. The summed E-state index contributed by atoms with van der Waals surface area (Å²) in [5, 5.41) is 4.57. The summed E-state index contributed by atoms with van der Waals surface area (Å²) in [5.74, 6) is 0.786. The van der Waals surface area contributed by atoms with Crippen molar-refractivity contribution in [1.82, 2.24) is 14.6 Å². The van der Waals surface area contributed by atoms with Gasteiger partial charge in [0.25, 0.3) is 0 Å². The van der Waals surface area contributed by atoms with E-state index in [4.69, 9.17) is 5.73 Å². The van der Waals surface area contributed by atoms with Gasteiger partial charge in [-0.2, -0.15) is 4.98 Å². The normalized spacial score (nSPS) is 14.4. The molecule has 2 aromatic heterocycles. The number of anilines is 2. The van der Waals surface area contributed by atoms with Gasteiger partial charge in [0.05, 0.1) is 0 Å². The lowest BCUT2D eigenvalue weighted by Gasteiger charge is -2.28. The van der Waals surface area contributed by atoms with Gasteiger partial charge in [-0.15, -0.1) is 5.10 Å². The quantitative estimate of drug-likeness (QED) is 0.694. The van der Waals surface area contributed by atoms with Crippen molar-refractivity contribution < 1.29 is 0 Å². The molecule has 4 rings (SSSR count). The van der Waals surface area contributed by atoms with E-state index in [1.807, 2.05) is 35.0 Å². The molecule has 2 N–H and O–H groups in total. The highest BCUT2D eigenvalue weighted by molar-refractivity contribution is 5.55. The highest BCUT2D eigenvalue weighted by Crippen LogP contribution is 2.26. The molecule has 5 heteroatoms. The first kappa shape index (κ1) is 12.2. The van der Waals surface area contributed by atoms with Crippen molar-refractivity contribution in [2.24, 2.45) is 0 Å². The number of hydrogen-bond acceptors (Lipinski definition) is 4. The molecule has 0 radical (unpaired) electrons. The molecule has 3 heterocycles. The van der Waals surface area contributed by atoms with Gasteiger partial charge in [-0.1, -0.05) is 12.1 Å². The second kappa shape index (κ2) is 4.48. The number of aromatic nitrogens is 3. The van der Waals surface area contributed by atoms with Gasteiger partial charge < -0.3 is 10.6 Å². The van der Waals surface area contributed by atoms with Crippen LogP contribution in [0.25, 0.3) is 5.65 Å². The van der Waals surface area contributed by atoms with Crippen molar-refractivity contribution in [1.29, 1.82) is 0 Å². The Kier molecular flexibility index (Phi) is 2.60. The predicted octanol–water partition coefficient (Wildman–Crippen LogP) is 2.18. The molecule has 1 aromatic carbocycles. The van der Waals surface area contributed by atoms with Gasteiger partial charge in [0, 0.05) is 25.0 Å². The Morgan fingerprint density at radius 3 is 3.05 bits per heavy atom. The Labute approximate surface area is 123 Å². The predicted molar refractivity (Wildman–Crippen MR) is 83.3 cm³/mol. The van der Waals surface area contributed by atoms with Gasteiger partial charge in [-0.3, -0.25) is 0 Å². The zero-order valence-corrected chi connectivity index (χ0v) is 12.0. The summed E-state index contributed by atoms with van der Waals surface area (Å²) in [6.45, 7) is 3.78. The molecule has 0 aliphatic carbocycles. The fraction of sp³-hybridized carbons (Fsp3) is 0.250. The van der Waals surface area contributed by atoms with Crippen LogP contribution in [-0.2, 0) is 13.0 Å². The molecule has 0 saturated heterocycles. The number of rotatable bonds is 1. The number of nitrogens with zero attached hydrogens (tertiary/aromatic N) is 4. The van der Waals surface area contributed by atoms with Gasteiger partial charge >= 0.3 is 0 Å². The molecule has 0 amide bonds. The van der Waals surface area contributed by atoms with E-state index in [1.54, 1.807) is 0 Å². The number of fused-ring (bicyclic) bond motifs is 2. The van der Waals surface area contributed by atoms with Crippen LogP contribution < -0.4 is 10.6 Å². The van der Waals surface area contributed by atoms with E-state index in [9.17, 15) is 0 Å². The van der Waals surface area contributed by atoms with Crippen molar-refractivity contribution in [3.63, 3.8) is 0 Å². The minimum Gasteiger partial charge on any atom is -0.398 e. The van der Waals surface area contributed by atoms with E-state index in [-0.39, 0.29) is 0 Å². The van der Waals surface area contributed by atoms with Crippen LogP contribution in [0.5, 0.6) is 0 Å². The lowest BCUT2D eigenvalue weighted by atomic mass is 9.98. The van der Waals surface area contributed by atoms with E-state index >= 15 is 0 Å². The molecule has 0 atom stereocenters. The molecule has 0 bridgehead atoms. The Bertz CT molecular complexity index is 821. The Morgan fingerprint density at radius 2 is 2.14 bits per heavy atom. The van der Waals surface area contributed by atoms with Gasteiger partial charge in [0.1, 0.15) is 0 Å². The van der Waals surface area contributed by atoms with Crippen LogP contribution in [0.1, 0.15) is 16.7 Å². The molecule has 1 aliphatic heterocycles. The van der Waals surface area contributed by atoms with E-state index < -0.39 is 0 Å². The van der Waals surface area contributed by atoms with Crippen LogP contribution in [0.2, 0.25) is 0 Å². The Morgan fingerprint density at radius 1 is 1.24 bits per heavy atom. The molecule has 3 aromatic rings. The first-order valence-corrected chi connectivity index (χ1v) is 7.15. The largest absolute Gasteiger partial charge is 0.398 e. The first-order valence-electron chi connectivity index (χ1n) is 7.15. The van der Waals surface area contributed by atoms with E-state index in [0.717, 1.165) is 36.8 Å². The third-order valence-electron chi connectivity index (χ3n) is 4.07. The molecular weight excluding hydrogens is 262 g/mol. The van der Waals surface area contributed by atoms with Crippen LogP contribution in [0.15, 0.2) is 36.5 Å². The second-order valence-electron chi connectivity index (χ2n) is 5.58. The number of aryl methyl sites for hydroxylation is 1. The zero-order chi connectivity index (χ0) is 14.4. The van der Waals surface area contributed by atoms with Crippen molar-refractivity contribution in [2.75, 3.05) is 17.2 Å². The van der Waals surface area contributed by atoms with E-state index in [2.05, 4.69) is 28.0 Å². The standard InChI is InChI=1S/C16H17N5/c1-11-5-8-21-15(9-11)18-16(19-21)20-7-6-13-12(10-20)3-2-4-14(13)17/h2-5,8-9H,6-7,10,17H2,1H3. The first-order chi connectivity index (χ1) is 10.2. The molecule has 5 nitrogen and oxygen atoms in total. The lowest BCUT2D eigenvalue weighted by Crippen LogP contribution is -2.31. The Hall–Kier alpha value is -2.56. The average Bonchev–Trinajstić information content (AvgIpc) is 2.90. The maximum atomic E-state index is 6.05. The minimum atomic E-state index is 0.786. The molecule has 0 saturated carbocycles. The smallest absolute Gasteiger partial charge is 0.245 e. The van der Waals surface area contributed by atoms with E-state index in [1.165, 1.54) is 16.7 Å². The fourth-order valence-corrected chi connectivity index (χ4v) is 2.92. The van der Waals surface area contributed by atoms with Crippen molar-refractivity contribution in [3.8, 4) is 0 Å². The SMILES string of the molecule is Cc1ccn2nc(N3CCc4c(N)cccc4C3)nc2c1. The van der Waals surface area contributed by atoms with Crippen LogP contribution in [-0.4, -0.2) is 21.1 Å². The molecule has 1 aliphatic rings. The van der Waals surface area contributed by atoms with Gasteiger partial charge in [0.2, 0.25) is 5.95 Å². The van der Waals surface area contributed by atoms with Crippen LogP contribution in [0.3, 0.4) is 0 Å². The molecule has 0 fully saturated rings. The molecular formula is C16H17N5. The number of hydrogen-bond donors (Lipinski definition) is 1. The average molecular weight is 279 g/mol. The third kappa shape index (κ3) is 2.01. The Balaban J connectivity index is 1.70. The summed E-state index contributed by atoms with van der Waals surface area (Å²) in [7, 11) is 0. The summed E-state index contributed by atoms with van der Waals surface area (Å²) in [4.78, 5) is 6.85.